The number of aromatic nitrogens is 2. The van der Waals surface area contributed by atoms with Crippen molar-refractivity contribution in [3.63, 3.8) is 0 Å². The molecule has 0 radical (unpaired) electrons. The zero-order chi connectivity index (χ0) is 12.3. The molecule has 0 N–H and O–H groups in total. The molecule has 4 nitrogen and oxygen atoms in total. The topological polar surface area (TPSA) is 39.4 Å². The predicted octanol–water partition coefficient (Wildman–Crippen LogP) is 2.84. The summed E-state index contributed by atoms with van der Waals surface area (Å²) in [5.74, 6) is -0.161. The third-order valence-electron chi connectivity index (χ3n) is 2.15. The molecule has 0 aromatic carbocycles. The Kier molecular flexibility index (Phi) is 2.97. The van der Waals surface area contributed by atoms with Crippen molar-refractivity contribution in [1.82, 2.24) is 9.97 Å². The van der Waals surface area contributed by atoms with Crippen molar-refractivity contribution in [3.8, 4) is 17.3 Å². The van der Waals surface area contributed by atoms with Gasteiger partial charge in [-0.2, -0.15) is 0 Å². The summed E-state index contributed by atoms with van der Waals surface area (Å²) in [6.45, 7) is 6.80. The van der Waals surface area contributed by atoms with Gasteiger partial charge >= 0.3 is 0 Å². The summed E-state index contributed by atoms with van der Waals surface area (Å²) in [6, 6.07) is 5.83. The van der Waals surface area contributed by atoms with Gasteiger partial charge in [0.2, 0.25) is 11.6 Å². The van der Waals surface area contributed by atoms with Crippen molar-refractivity contribution in [2.24, 2.45) is 0 Å². The minimum absolute atomic E-state index is 0.112. The van der Waals surface area contributed by atoms with Gasteiger partial charge < -0.3 is 4.74 Å². The number of methoxy groups -OCH3 is 1. The summed E-state index contributed by atoms with van der Waals surface area (Å²) in [6.07, 6.45) is 1.38. The molecule has 0 spiro atoms. The molecule has 0 aliphatic carbocycles. The Balaban J connectivity index is 2.48. The van der Waals surface area contributed by atoms with Crippen molar-refractivity contribution in [1.29, 1.82) is 0 Å². The van der Waals surface area contributed by atoms with Gasteiger partial charge in [-0.1, -0.05) is 6.07 Å². The van der Waals surface area contributed by atoms with Gasteiger partial charge in [-0.3, -0.25) is 4.98 Å². The van der Waals surface area contributed by atoms with E-state index in [1.807, 2.05) is 0 Å². The number of hydrogen-bond donors (Lipinski definition) is 0. The van der Waals surface area contributed by atoms with Gasteiger partial charge in [-0.25, -0.2) is 14.2 Å². The Hall–Kier alpha value is -2.48. The summed E-state index contributed by atoms with van der Waals surface area (Å²) in [7, 11) is 1.46. The van der Waals surface area contributed by atoms with E-state index >= 15 is 0 Å². The first kappa shape index (κ1) is 11.0. The first-order chi connectivity index (χ1) is 8.24. The van der Waals surface area contributed by atoms with Crippen LogP contribution in [0.4, 0.5) is 10.1 Å². The van der Waals surface area contributed by atoms with Crippen LogP contribution in [0, 0.1) is 12.4 Å². The van der Waals surface area contributed by atoms with Crippen molar-refractivity contribution in [3.05, 3.63) is 47.7 Å². The highest BCUT2D eigenvalue weighted by atomic mass is 19.1. The molecule has 0 unspecified atom stereocenters. The highest BCUT2D eigenvalue weighted by Gasteiger charge is 2.09. The summed E-state index contributed by atoms with van der Waals surface area (Å²) >= 11 is 0. The standard InChI is InChI=1S/C12H8FN3O/c1-14-8-3-5-10(15-7-8)12-9(13)4-6-11(16-12)17-2/h3-7H,2H3. The Labute approximate surface area is 97.5 Å². The van der Waals surface area contributed by atoms with Crippen molar-refractivity contribution < 1.29 is 9.13 Å². The van der Waals surface area contributed by atoms with Crippen LogP contribution >= 0.6 is 0 Å². The Morgan fingerprint density at radius 1 is 1.29 bits per heavy atom. The molecule has 0 saturated carbocycles. The number of hydrogen-bond acceptors (Lipinski definition) is 3. The molecular weight excluding hydrogens is 221 g/mol. The Bertz CT molecular complexity index is 575. The number of pyridine rings is 2. The van der Waals surface area contributed by atoms with Gasteiger partial charge in [0.05, 0.1) is 19.4 Å². The lowest BCUT2D eigenvalue weighted by Gasteiger charge is -2.04. The van der Waals surface area contributed by atoms with E-state index in [4.69, 9.17) is 11.3 Å². The van der Waals surface area contributed by atoms with Gasteiger partial charge in [0.1, 0.15) is 5.69 Å². The fourth-order valence-electron chi connectivity index (χ4n) is 1.31. The quantitative estimate of drug-likeness (QED) is 0.743. The van der Waals surface area contributed by atoms with E-state index in [-0.39, 0.29) is 5.69 Å². The second-order valence-corrected chi connectivity index (χ2v) is 3.20. The van der Waals surface area contributed by atoms with Crippen LogP contribution in [0.2, 0.25) is 0 Å². The average Bonchev–Trinajstić information content (AvgIpc) is 2.39. The molecular formula is C12H8FN3O. The van der Waals surface area contributed by atoms with E-state index in [0.29, 0.717) is 17.3 Å². The zero-order valence-corrected chi connectivity index (χ0v) is 9.01. The molecule has 17 heavy (non-hydrogen) atoms. The molecule has 0 fully saturated rings. The second-order valence-electron chi connectivity index (χ2n) is 3.20. The summed E-state index contributed by atoms with van der Waals surface area (Å²) in [4.78, 5) is 11.2. The van der Waals surface area contributed by atoms with E-state index in [1.165, 1.54) is 25.4 Å². The maximum absolute atomic E-state index is 13.6. The van der Waals surface area contributed by atoms with Crippen LogP contribution in [0.1, 0.15) is 0 Å². The molecule has 84 valence electrons. The van der Waals surface area contributed by atoms with Gasteiger partial charge in [0, 0.05) is 12.3 Å². The van der Waals surface area contributed by atoms with Crippen molar-refractivity contribution in [2.45, 2.75) is 0 Å². The normalized spacial score (nSPS) is 9.71. The molecule has 0 atom stereocenters. The van der Waals surface area contributed by atoms with Crippen LogP contribution in [-0.2, 0) is 0 Å². The van der Waals surface area contributed by atoms with E-state index in [2.05, 4.69) is 14.8 Å². The van der Waals surface area contributed by atoms with E-state index in [0.717, 1.165) is 0 Å². The second kappa shape index (κ2) is 4.58. The van der Waals surface area contributed by atoms with Crippen LogP contribution in [0.3, 0.4) is 0 Å². The Morgan fingerprint density at radius 3 is 2.71 bits per heavy atom. The zero-order valence-electron chi connectivity index (χ0n) is 9.01. The fourth-order valence-corrected chi connectivity index (χ4v) is 1.31. The van der Waals surface area contributed by atoms with Crippen LogP contribution in [-0.4, -0.2) is 17.1 Å². The van der Waals surface area contributed by atoms with Gasteiger partial charge in [0.15, 0.2) is 5.82 Å². The monoisotopic (exact) mass is 229 g/mol. The molecule has 2 aromatic heterocycles. The predicted molar refractivity (Wildman–Crippen MR) is 60.2 cm³/mol. The SMILES string of the molecule is [C-]#[N+]c1ccc(-c2nc(OC)ccc2F)nc1. The summed E-state index contributed by atoms with van der Waals surface area (Å²) in [5, 5.41) is 0. The largest absolute Gasteiger partial charge is 0.481 e. The number of halogens is 1. The van der Waals surface area contributed by atoms with Crippen LogP contribution < -0.4 is 4.74 Å². The smallest absolute Gasteiger partial charge is 0.213 e. The summed E-state index contributed by atoms with van der Waals surface area (Å²) in [5.41, 5.74) is 0.881. The first-order valence-corrected chi connectivity index (χ1v) is 4.79. The number of ether oxygens (including phenoxy) is 1. The lowest BCUT2D eigenvalue weighted by molar-refractivity contribution is 0.396. The molecule has 2 heterocycles. The molecule has 2 aromatic rings. The van der Waals surface area contributed by atoms with Gasteiger partial charge in [-0.05, 0) is 12.1 Å². The molecule has 0 aliphatic rings. The van der Waals surface area contributed by atoms with E-state index in [9.17, 15) is 4.39 Å². The average molecular weight is 229 g/mol. The molecule has 0 aliphatic heterocycles. The minimum atomic E-state index is -0.478. The lowest BCUT2D eigenvalue weighted by atomic mass is 10.2. The molecule has 0 bridgehead atoms. The molecule has 0 saturated heterocycles. The minimum Gasteiger partial charge on any atom is -0.481 e. The van der Waals surface area contributed by atoms with Gasteiger partial charge in [0.25, 0.3) is 0 Å². The van der Waals surface area contributed by atoms with Crippen LogP contribution in [0.25, 0.3) is 16.2 Å². The molecule has 5 heteroatoms. The lowest BCUT2D eigenvalue weighted by Crippen LogP contribution is -1.94. The van der Waals surface area contributed by atoms with Crippen LogP contribution in [0.5, 0.6) is 5.88 Å². The molecule has 0 amide bonds. The highest BCUT2D eigenvalue weighted by molar-refractivity contribution is 5.58. The van der Waals surface area contributed by atoms with Gasteiger partial charge in [-0.15, -0.1) is 0 Å². The molecule has 2 rings (SSSR count). The van der Waals surface area contributed by atoms with Crippen LogP contribution in [0.15, 0.2) is 30.5 Å². The number of nitrogens with zero attached hydrogens (tertiary/aromatic N) is 3. The third-order valence-corrected chi connectivity index (χ3v) is 2.15. The van der Waals surface area contributed by atoms with E-state index < -0.39 is 5.82 Å². The Morgan fingerprint density at radius 2 is 2.12 bits per heavy atom. The number of rotatable bonds is 2. The van der Waals surface area contributed by atoms with Crippen molar-refractivity contribution >= 4 is 5.69 Å². The maximum Gasteiger partial charge on any atom is 0.213 e. The third kappa shape index (κ3) is 2.21. The van der Waals surface area contributed by atoms with E-state index in [1.54, 1.807) is 12.1 Å². The van der Waals surface area contributed by atoms with Crippen molar-refractivity contribution in [2.75, 3.05) is 7.11 Å². The highest BCUT2D eigenvalue weighted by Crippen LogP contribution is 2.23. The maximum atomic E-state index is 13.6. The first-order valence-electron chi connectivity index (χ1n) is 4.79. The summed E-state index contributed by atoms with van der Waals surface area (Å²) < 4.78 is 18.5. The fraction of sp³-hybridized carbons (Fsp3) is 0.0833.